The zero-order chi connectivity index (χ0) is 21.3. The molecule has 1 rings (SSSR count). The summed E-state index contributed by atoms with van der Waals surface area (Å²) in [6, 6.07) is 6.30. The van der Waals surface area contributed by atoms with E-state index in [9.17, 15) is 14.7 Å². The summed E-state index contributed by atoms with van der Waals surface area (Å²) in [6.45, 7) is 4.41. The molecule has 0 aliphatic rings. The van der Waals surface area contributed by atoms with Crippen LogP contribution in [0, 0.1) is 0 Å². The predicted molar refractivity (Wildman–Crippen MR) is 119 cm³/mol. The molecule has 1 unspecified atom stereocenters. The molecule has 164 valence electrons. The molecule has 0 saturated carbocycles. The van der Waals surface area contributed by atoms with E-state index in [0.717, 1.165) is 32.1 Å². The average Bonchev–Trinajstić information content (AvgIpc) is 2.72. The Morgan fingerprint density at radius 1 is 0.759 bits per heavy atom. The maximum Gasteiger partial charge on any atom is 0.339 e. The number of aromatic carboxylic acids is 1. The number of ether oxygens (including phenoxy) is 1. The van der Waals surface area contributed by atoms with E-state index < -0.39 is 11.9 Å². The lowest BCUT2D eigenvalue weighted by molar-refractivity contribution is 0.0244. The van der Waals surface area contributed by atoms with Crippen molar-refractivity contribution in [3.63, 3.8) is 0 Å². The second-order valence-corrected chi connectivity index (χ2v) is 7.99. The zero-order valence-corrected chi connectivity index (χ0v) is 18.5. The van der Waals surface area contributed by atoms with Crippen LogP contribution in [0.2, 0.25) is 0 Å². The van der Waals surface area contributed by atoms with Crippen molar-refractivity contribution < 1.29 is 19.4 Å². The van der Waals surface area contributed by atoms with Gasteiger partial charge in [0.15, 0.2) is 0 Å². The number of hydrogen-bond donors (Lipinski definition) is 1. The second-order valence-electron chi connectivity index (χ2n) is 7.99. The Kier molecular flexibility index (Phi) is 13.9. The van der Waals surface area contributed by atoms with Crippen LogP contribution in [-0.4, -0.2) is 23.1 Å². The fourth-order valence-electron chi connectivity index (χ4n) is 3.63. The molecule has 29 heavy (non-hydrogen) atoms. The first-order chi connectivity index (χ1) is 14.1. The number of unbranched alkanes of at least 4 members (excludes halogenated alkanes) is 10. The SMILES string of the molecule is CCCCCCCCCCC(CCCCCC)OC(=O)c1ccccc1C(=O)O. The predicted octanol–water partition coefficient (Wildman–Crippen LogP) is 7.41. The lowest BCUT2D eigenvalue weighted by atomic mass is 10.0. The van der Waals surface area contributed by atoms with E-state index in [1.807, 2.05) is 0 Å². The van der Waals surface area contributed by atoms with Gasteiger partial charge in [0.25, 0.3) is 0 Å². The van der Waals surface area contributed by atoms with Crippen molar-refractivity contribution >= 4 is 11.9 Å². The number of carbonyl (C=O) groups is 2. The van der Waals surface area contributed by atoms with E-state index in [1.54, 1.807) is 12.1 Å². The van der Waals surface area contributed by atoms with Crippen molar-refractivity contribution in [2.24, 2.45) is 0 Å². The Labute approximate surface area is 177 Å². The van der Waals surface area contributed by atoms with Gasteiger partial charge in [0.1, 0.15) is 6.10 Å². The van der Waals surface area contributed by atoms with E-state index in [2.05, 4.69) is 13.8 Å². The van der Waals surface area contributed by atoms with Gasteiger partial charge in [0.2, 0.25) is 0 Å². The molecule has 0 aliphatic carbocycles. The van der Waals surface area contributed by atoms with Gasteiger partial charge in [0, 0.05) is 0 Å². The lowest BCUT2D eigenvalue weighted by Crippen LogP contribution is -2.20. The summed E-state index contributed by atoms with van der Waals surface area (Å²) < 4.78 is 5.76. The summed E-state index contributed by atoms with van der Waals surface area (Å²) in [5.74, 6) is -1.61. The number of rotatable bonds is 17. The molecule has 1 N–H and O–H groups in total. The van der Waals surface area contributed by atoms with Crippen molar-refractivity contribution in [3.8, 4) is 0 Å². The third kappa shape index (κ3) is 11.1. The van der Waals surface area contributed by atoms with Gasteiger partial charge < -0.3 is 9.84 Å². The molecular weight excluding hydrogens is 364 g/mol. The number of carboxylic acids is 1. The van der Waals surface area contributed by atoms with E-state index in [4.69, 9.17) is 4.74 Å². The van der Waals surface area contributed by atoms with Gasteiger partial charge in [-0.25, -0.2) is 9.59 Å². The molecule has 4 heteroatoms. The van der Waals surface area contributed by atoms with Gasteiger partial charge in [0.05, 0.1) is 11.1 Å². The van der Waals surface area contributed by atoms with Gasteiger partial charge in [-0.2, -0.15) is 0 Å². The first-order valence-electron chi connectivity index (χ1n) is 11.6. The third-order valence-electron chi connectivity index (χ3n) is 5.41. The highest BCUT2D eigenvalue weighted by Gasteiger charge is 2.20. The van der Waals surface area contributed by atoms with E-state index in [1.165, 1.54) is 69.9 Å². The number of carboxylic acid groups (broad SMARTS) is 1. The number of carbonyl (C=O) groups excluding carboxylic acids is 1. The Hall–Kier alpha value is -1.84. The van der Waals surface area contributed by atoms with Crippen LogP contribution in [0.3, 0.4) is 0 Å². The average molecular weight is 405 g/mol. The number of esters is 1. The molecule has 0 radical (unpaired) electrons. The molecule has 0 fully saturated rings. The highest BCUT2D eigenvalue weighted by atomic mass is 16.5. The molecule has 0 aliphatic heterocycles. The van der Waals surface area contributed by atoms with Crippen molar-refractivity contribution in [1.82, 2.24) is 0 Å². The smallest absolute Gasteiger partial charge is 0.339 e. The van der Waals surface area contributed by atoms with Crippen molar-refractivity contribution in [1.29, 1.82) is 0 Å². The Morgan fingerprint density at radius 2 is 1.21 bits per heavy atom. The molecule has 0 spiro atoms. The second kappa shape index (κ2) is 16.0. The van der Waals surface area contributed by atoms with Crippen LogP contribution in [0.15, 0.2) is 24.3 Å². The summed E-state index contributed by atoms with van der Waals surface area (Å²) in [4.78, 5) is 24.0. The standard InChI is InChI=1S/C25H40O4/c1-3-5-7-9-10-11-12-14-18-21(17-13-8-6-4-2)29-25(28)23-20-16-15-19-22(23)24(26)27/h15-16,19-21H,3-14,17-18H2,1-2H3,(H,26,27). The van der Waals surface area contributed by atoms with Crippen molar-refractivity contribution in [2.45, 2.75) is 110 Å². The third-order valence-corrected chi connectivity index (χ3v) is 5.41. The molecular formula is C25H40O4. The molecule has 4 nitrogen and oxygen atoms in total. The van der Waals surface area contributed by atoms with Crippen LogP contribution < -0.4 is 0 Å². The molecule has 1 aromatic rings. The topological polar surface area (TPSA) is 63.6 Å². The van der Waals surface area contributed by atoms with Crippen LogP contribution in [0.25, 0.3) is 0 Å². The quantitative estimate of drug-likeness (QED) is 0.217. The van der Waals surface area contributed by atoms with Gasteiger partial charge in [-0.3, -0.25) is 0 Å². The highest BCUT2D eigenvalue weighted by Crippen LogP contribution is 2.19. The summed E-state index contributed by atoms with van der Waals surface area (Å²) in [5, 5.41) is 9.32. The Bertz CT molecular complexity index is 582. The minimum absolute atomic E-state index is 0.00862. The summed E-state index contributed by atoms with van der Waals surface area (Å²) >= 11 is 0. The van der Waals surface area contributed by atoms with Crippen LogP contribution >= 0.6 is 0 Å². The summed E-state index contributed by atoms with van der Waals surface area (Å²) in [6.07, 6.45) is 16.2. The lowest BCUT2D eigenvalue weighted by Gasteiger charge is -2.18. The van der Waals surface area contributed by atoms with Crippen LogP contribution in [0.4, 0.5) is 0 Å². The van der Waals surface area contributed by atoms with E-state index in [-0.39, 0.29) is 17.2 Å². The minimum atomic E-state index is -1.10. The van der Waals surface area contributed by atoms with Crippen molar-refractivity contribution in [2.75, 3.05) is 0 Å². The van der Waals surface area contributed by atoms with E-state index in [0.29, 0.717) is 0 Å². The molecule has 0 heterocycles. The number of hydrogen-bond acceptors (Lipinski definition) is 3. The fraction of sp³-hybridized carbons (Fsp3) is 0.680. The van der Waals surface area contributed by atoms with Gasteiger partial charge in [-0.05, 0) is 37.8 Å². The largest absolute Gasteiger partial charge is 0.478 e. The monoisotopic (exact) mass is 404 g/mol. The highest BCUT2D eigenvalue weighted by molar-refractivity contribution is 6.02. The van der Waals surface area contributed by atoms with Crippen molar-refractivity contribution in [3.05, 3.63) is 35.4 Å². The number of benzene rings is 1. The zero-order valence-electron chi connectivity index (χ0n) is 18.5. The molecule has 0 amide bonds. The molecule has 0 saturated heterocycles. The van der Waals surface area contributed by atoms with Gasteiger partial charge >= 0.3 is 11.9 Å². The maximum atomic E-state index is 12.6. The maximum absolute atomic E-state index is 12.6. The fourth-order valence-corrected chi connectivity index (χ4v) is 3.63. The first kappa shape index (κ1) is 25.2. The Balaban J connectivity index is 2.51. The molecule has 1 aromatic carbocycles. The molecule has 1 atom stereocenters. The Morgan fingerprint density at radius 3 is 1.72 bits per heavy atom. The van der Waals surface area contributed by atoms with Crippen LogP contribution in [-0.2, 0) is 4.74 Å². The van der Waals surface area contributed by atoms with Crippen LogP contribution in [0.1, 0.15) is 124 Å². The minimum Gasteiger partial charge on any atom is -0.478 e. The van der Waals surface area contributed by atoms with Crippen LogP contribution in [0.5, 0.6) is 0 Å². The first-order valence-corrected chi connectivity index (χ1v) is 11.6. The summed E-state index contributed by atoms with van der Waals surface area (Å²) in [7, 11) is 0. The normalized spacial score (nSPS) is 11.9. The van der Waals surface area contributed by atoms with Gasteiger partial charge in [-0.15, -0.1) is 0 Å². The van der Waals surface area contributed by atoms with Gasteiger partial charge in [-0.1, -0.05) is 90.2 Å². The summed E-state index contributed by atoms with van der Waals surface area (Å²) in [5.41, 5.74) is 0.156. The molecule has 0 bridgehead atoms. The van der Waals surface area contributed by atoms with E-state index >= 15 is 0 Å². The molecule has 0 aromatic heterocycles.